The molecule has 6 nitrogen and oxygen atoms in total. The summed E-state index contributed by atoms with van der Waals surface area (Å²) in [7, 11) is 5.27. The summed E-state index contributed by atoms with van der Waals surface area (Å²) in [6.45, 7) is 0. The van der Waals surface area contributed by atoms with Gasteiger partial charge in [-0.15, -0.1) is 0 Å². The number of benzene rings is 1. The second-order valence-electron chi connectivity index (χ2n) is 6.52. The summed E-state index contributed by atoms with van der Waals surface area (Å²) in [5, 5.41) is 3.90. The van der Waals surface area contributed by atoms with Crippen molar-refractivity contribution < 1.29 is 14.3 Å². The molecule has 1 aliphatic carbocycles. The number of hydrogen-bond acceptors (Lipinski definition) is 4. The maximum Gasteiger partial charge on any atom is 0.228 e. The van der Waals surface area contributed by atoms with Crippen LogP contribution in [0.5, 0.6) is 11.5 Å². The van der Waals surface area contributed by atoms with E-state index in [-0.39, 0.29) is 11.8 Å². The van der Waals surface area contributed by atoms with Gasteiger partial charge in [0, 0.05) is 18.4 Å². The number of ether oxygens (including phenoxy) is 2. The number of fused-ring (bicyclic) bond motifs is 1. The van der Waals surface area contributed by atoms with Crippen molar-refractivity contribution in [3.05, 3.63) is 36.5 Å². The molecule has 1 N–H and O–H groups in total. The number of amides is 1. The van der Waals surface area contributed by atoms with E-state index in [1.54, 1.807) is 20.4 Å². The molecule has 0 spiro atoms. The first-order chi connectivity index (χ1) is 12.6. The summed E-state index contributed by atoms with van der Waals surface area (Å²) in [6, 6.07) is 9.69. The van der Waals surface area contributed by atoms with Crippen LogP contribution in [0.4, 0.5) is 5.82 Å². The Kier molecular flexibility index (Phi) is 4.03. The molecule has 0 bridgehead atoms. The van der Waals surface area contributed by atoms with E-state index in [0.29, 0.717) is 5.82 Å². The fourth-order valence-electron chi connectivity index (χ4n) is 3.22. The number of nitrogens with one attached hydrogen (secondary N) is 1. The Hall–Kier alpha value is -3.02. The van der Waals surface area contributed by atoms with Gasteiger partial charge in [-0.2, -0.15) is 0 Å². The van der Waals surface area contributed by atoms with Crippen LogP contribution in [0.15, 0.2) is 36.5 Å². The lowest BCUT2D eigenvalue weighted by molar-refractivity contribution is -0.117. The van der Waals surface area contributed by atoms with Crippen molar-refractivity contribution in [1.29, 1.82) is 0 Å². The molecule has 3 aromatic rings. The van der Waals surface area contributed by atoms with E-state index in [0.717, 1.165) is 46.5 Å². The Bertz CT molecular complexity index is 967. The van der Waals surface area contributed by atoms with Gasteiger partial charge >= 0.3 is 0 Å². The summed E-state index contributed by atoms with van der Waals surface area (Å²) < 4.78 is 13.1. The average molecular weight is 351 g/mol. The van der Waals surface area contributed by atoms with Gasteiger partial charge in [-0.05, 0) is 37.1 Å². The van der Waals surface area contributed by atoms with Crippen molar-refractivity contribution in [2.24, 2.45) is 13.0 Å². The fourth-order valence-corrected chi connectivity index (χ4v) is 3.22. The molecular formula is C20H21N3O3. The van der Waals surface area contributed by atoms with Crippen LogP contribution in [-0.4, -0.2) is 29.7 Å². The Morgan fingerprint density at radius 1 is 1.19 bits per heavy atom. The molecule has 1 saturated carbocycles. The maximum atomic E-state index is 12.0. The molecule has 1 aromatic carbocycles. The summed E-state index contributed by atoms with van der Waals surface area (Å²) >= 11 is 0. The number of methoxy groups -OCH3 is 2. The molecule has 0 atom stereocenters. The van der Waals surface area contributed by atoms with Gasteiger partial charge in [0.05, 0.1) is 37.2 Å². The number of carbonyl (C=O) groups is 1. The number of pyridine rings is 1. The van der Waals surface area contributed by atoms with Crippen molar-refractivity contribution in [1.82, 2.24) is 9.55 Å². The molecule has 2 heterocycles. The topological polar surface area (TPSA) is 65.4 Å². The maximum absolute atomic E-state index is 12.0. The Labute approximate surface area is 151 Å². The fraction of sp³-hybridized carbons (Fsp3) is 0.300. The minimum absolute atomic E-state index is 0.0550. The molecule has 0 radical (unpaired) electrons. The van der Waals surface area contributed by atoms with Crippen LogP contribution in [0.2, 0.25) is 0 Å². The minimum atomic E-state index is 0.0550. The van der Waals surface area contributed by atoms with Gasteiger partial charge in [0.1, 0.15) is 17.3 Å². The molecule has 0 aliphatic heterocycles. The van der Waals surface area contributed by atoms with Gasteiger partial charge in [-0.3, -0.25) is 4.79 Å². The largest absolute Gasteiger partial charge is 0.496 e. The molecule has 0 unspecified atom stereocenters. The molecule has 1 fully saturated rings. The number of anilines is 1. The summed E-state index contributed by atoms with van der Waals surface area (Å²) in [6.07, 6.45) is 3.72. The van der Waals surface area contributed by atoms with Crippen molar-refractivity contribution in [2.45, 2.75) is 12.8 Å². The average Bonchev–Trinajstić information content (AvgIpc) is 3.46. The molecule has 134 valence electrons. The first-order valence-electron chi connectivity index (χ1n) is 8.60. The highest BCUT2D eigenvalue weighted by atomic mass is 16.5. The monoisotopic (exact) mass is 351 g/mol. The minimum Gasteiger partial charge on any atom is -0.496 e. The van der Waals surface area contributed by atoms with Crippen LogP contribution in [0.25, 0.3) is 22.2 Å². The van der Waals surface area contributed by atoms with E-state index in [4.69, 9.17) is 9.47 Å². The van der Waals surface area contributed by atoms with Crippen LogP contribution in [-0.2, 0) is 11.8 Å². The van der Waals surface area contributed by atoms with Gasteiger partial charge in [-0.25, -0.2) is 4.98 Å². The number of aryl methyl sites for hydroxylation is 1. The lowest BCUT2D eigenvalue weighted by Crippen LogP contribution is -2.14. The summed E-state index contributed by atoms with van der Waals surface area (Å²) in [5.74, 6) is 2.27. The molecule has 2 aromatic heterocycles. The third-order valence-corrected chi connectivity index (χ3v) is 4.81. The predicted molar refractivity (Wildman–Crippen MR) is 101 cm³/mol. The first kappa shape index (κ1) is 16.4. The van der Waals surface area contributed by atoms with Gasteiger partial charge in [0.2, 0.25) is 5.91 Å². The standard InChI is InChI=1S/C20H21N3O3/c1-23-14(19-16(25-2)5-4-6-17(19)26-3)9-13-10-18(21-11-15(13)23)22-20(24)12-7-8-12/h4-6,9-12H,7-8H2,1-3H3,(H,21,22,24). The van der Waals surface area contributed by atoms with Gasteiger partial charge in [0.25, 0.3) is 0 Å². The van der Waals surface area contributed by atoms with Crippen LogP contribution < -0.4 is 14.8 Å². The lowest BCUT2D eigenvalue weighted by Gasteiger charge is -2.13. The zero-order chi connectivity index (χ0) is 18.3. The molecule has 4 rings (SSSR count). The highest BCUT2D eigenvalue weighted by Crippen LogP contribution is 2.40. The number of carbonyl (C=O) groups excluding carboxylic acids is 1. The second kappa shape index (κ2) is 6.37. The van der Waals surface area contributed by atoms with Gasteiger partial charge in [-0.1, -0.05) is 6.07 Å². The third kappa shape index (κ3) is 2.77. The Balaban J connectivity index is 1.79. The zero-order valence-electron chi connectivity index (χ0n) is 15.1. The van der Waals surface area contributed by atoms with Crippen LogP contribution in [0.1, 0.15) is 12.8 Å². The zero-order valence-corrected chi connectivity index (χ0v) is 15.1. The van der Waals surface area contributed by atoms with Gasteiger partial charge in [0.15, 0.2) is 0 Å². The number of aromatic nitrogens is 2. The molecular weight excluding hydrogens is 330 g/mol. The SMILES string of the molecule is COc1cccc(OC)c1-c1cc2cc(NC(=O)C3CC3)ncc2n1C. The smallest absolute Gasteiger partial charge is 0.228 e. The van der Waals surface area contributed by atoms with Crippen molar-refractivity contribution >= 4 is 22.6 Å². The highest BCUT2D eigenvalue weighted by Gasteiger charge is 2.29. The van der Waals surface area contributed by atoms with E-state index in [1.807, 2.05) is 31.3 Å². The molecule has 26 heavy (non-hydrogen) atoms. The van der Waals surface area contributed by atoms with Crippen LogP contribution in [0, 0.1) is 5.92 Å². The highest BCUT2D eigenvalue weighted by molar-refractivity contribution is 5.96. The van der Waals surface area contributed by atoms with E-state index in [9.17, 15) is 4.79 Å². The van der Waals surface area contributed by atoms with Crippen LogP contribution in [0.3, 0.4) is 0 Å². The van der Waals surface area contributed by atoms with E-state index >= 15 is 0 Å². The van der Waals surface area contributed by atoms with Gasteiger partial charge < -0.3 is 19.4 Å². The van der Waals surface area contributed by atoms with Crippen molar-refractivity contribution in [3.8, 4) is 22.8 Å². The number of nitrogens with zero attached hydrogens (tertiary/aromatic N) is 2. The molecule has 1 aliphatic rings. The molecule has 6 heteroatoms. The number of rotatable bonds is 5. The lowest BCUT2D eigenvalue weighted by atomic mass is 10.1. The first-order valence-corrected chi connectivity index (χ1v) is 8.60. The normalized spacial score (nSPS) is 13.7. The van der Waals surface area contributed by atoms with Crippen LogP contribution >= 0.6 is 0 Å². The summed E-state index contributed by atoms with van der Waals surface area (Å²) in [4.78, 5) is 16.4. The van der Waals surface area contributed by atoms with E-state index < -0.39 is 0 Å². The van der Waals surface area contributed by atoms with E-state index in [2.05, 4.69) is 20.9 Å². The molecule has 1 amide bonds. The summed E-state index contributed by atoms with van der Waals surface area (Å²) in [5.41, 5.74) is 2.82. The third-order valence-electron chi connectivity index (χ3n) is 4.81. The molecule has 0 saturated heterocycles. The Morgan fingerprint density at radius 2 is 1.88 bits per heavy atom. The van der Waals surface area contributed by atoms with Crippen molar-refractivity contribution in [3.63, 3.8) is 0 Å². The van der Waals surface area contributed by atoms with E-state index in [1.165, 1.54) is 0 Å². The predicted octanol–water partition coefficient (Wildman–Crippen LogP) is 3.61. The Morgan fingerprint density at radius 3 is 2.50 bits per heavy atom. The van der Waals surface area contributed by atoms with Crippen molar-refractivity contribution in [2.75, 3.05) is 19.5 Å². The number of hydrogen-bond donors (Lipinski definition) is 1. The second-order valence-corrected chi connectivity index (χ2v) is 6.52. The quantitative estimate of drug-likeness (QED) is 0.763.